The van der Waals surface area contributed by atoms with Gasteiger partial charge in [0.05, 0.1) is 40.8 Å². The van der Waals surface area contributed by atoms with Gasteiger partial charge < -0.3 is 14.4 Å². The monoisotopic (exact) mass is 565 g/mol. The van der Waals surface area contributed by atoms with E-state index in [4.69, 9.17) is 21.1 Å². The van der Waals surface area contributed by atoms with E-state index in [1.54, 1.807) is 18.1 Å². The van der Waals surface area contributed by atoms with E-state index in [0.717, 1.165) is 30.0 Å². The van der Waals surface area contributed by atoms with Gasteiger partial charge in [-0.1, -0.05) is 23.7 Å². The number of hydrogen-bond acceptors (Lipinski definition) is 6. The SMILES string of the molecule is COC(=O)c1ccc(-c2nn(C(=O)c3c(Cl)cccc3C3CC3)c3c2CCC(C(=O)N2CC(OC)C2)C3)c(F)c1. The highest BCUT2D eigenvalue weighted by Gasteiger charge is 2.39. The number of likely N-dealkylation sites (tertiary alicyclic amines) is 1. The number of aromatic nitrogens is 2. The predicted molar refractivity (Wildman–Crippen MR) is 145 cm³/mol. The summed E-state index contributed by atoms with van der Waals surface area (Å²) < 4.78 is 26.7. The summed E-state index contributed by atoms with van der Waals surface area (Å²) in [5.74, 6) is -1.74. The van der Waals surface area contributed by atoms with Crippen LogP contribution in [0.25, 0.3) is 11.3 Å². The molecule has 1 amide bonds. The largest absolute Gasteiger partial charge is 0.465 e. The number of methoxy groups -OCH3 is 2. The van der Waals surface area contributed by atoms with E-state index in [0.29, 0.717) is 54.3 Å². The Balaban J connectivity index is 1.42. The third-order valence-electron chi connectivity index (χ3n) is 8.23. The summed E-state index contributed by atoms with van der Waals surface area (Å²) in [6, 6.07) is 9.50. The van der Waals surface area contributed by atoms with Gasteiger partial charge in [-0.3, -0.25) is 9.59 Å². The molecule has 2 heterocycles. The normalized spacial score (nSPS) is 18.7. The molecule has 40 heavy (non-hydrogen) atoms. The first-order valence-corrected chi connectivity index (χ1v) is 13.8. The fraction of sp³-hybridized carbons (Fsp3) is 0.400. The first-order chi connectivity index (χ1) is 19.3. The standard InChI is InChI=1S/C30H29ClFN3O5/c1-39-19-14-34(15-19)28(36)17-8-11-22-25(13-17)35(29(37)26-20(16-6-7-16)4-3-5-23(26)31)33-27(22)21-10-9-18(12-24(21)32)30(38)40-2/h3-5,9-10,12,16-17,19H,6-8,11,13-15H2,1-2H3. The van der Waals surface area contributed by atoms with E-state index in [1.807, 2.05) is 12.1 Å². The molecule has 1 unspecified atom stereocenters. The number of fused-ring (bicyclic) bond motifs is 1. The number of carbonyl (C=O) groups is 3. The van der Waals surface area contributed by atoms with Crippen molar-refractivity contribution in [3.63, 3.8) is 0 Å². The number of ether oxygens (including phenoxy) is 2. The summed E-state index contributed by atoms with van der Waals surface area (Å²) >= 11 is 6.58. The van der Waals surface area contributed by atoms with Gasteiger partial charge in [-0.25, -0.2) is 9.18 Å². The lowest BCUT2D eigenvalue weighted by Crippen LogP contribution is -2.56. The van der Waals surface area contributed by atoms with E-state index >= 15 is 4.39 Å². The Morgan fingerprint density at radius 1 is 1.07 bits per heavy atom. The van der Waals surface area contributed by atoms with Gasteiger partial charge in [0, 0.05) is 43.7 Å². The number of nitrogens with zero attached hydrogens (tertiary/aromatic N) is 3. The first kappa shape index (κ1) is 26.7. The minimum Gasteiger partial charge on any atom is -0.465 e. The average Bonchev–Trinajstić information content (AvgIpc) is 3.72. The molecule has 1 aromatic heterocycles. The Bertz CT molecular complexity index is 1530. The maximum atomic E-state index is 15.4. The predicted octanol–water partition coefficient (Wildman–Crippen LogP) is 4.66. The second-order valence-electron chi connectivity index (χ2n) is 10.7. The van der Waals surface area contributed by atoms with E-state index in [-0.39, 0.29) is 35.0 Å². The van der Waals surface area contributed by atoms with Crippen molar-refractivity contribution < 1.29 is 28.2 Å². The molecule has 1 aliphatic heterocycles. The first-order valence-electron chi connectivity index (χ1n) is 13.4. The molecule has 1 atom stereocenters. The zero-order valence-electron chi connectivity index (χ0n) is 22.3. The number of rotatable bonds is 6. The van der Waals surface area contributed by atoms with Crippen LogP contribution in [0.3, 0.4) is 0 Å². The molecule has 3 aromatic rings. The molecule has 0 bridgehead atoms. The minimum atomic E-state index is -0.650. The van der Waals surface area contributed by atoms with Crippen LogP contribution in [0.5, 0.6) is 0 Å². The summed E-state index contributed by atoms with van der Waals surface area (Å²) in [5.41, 5.74) is 3.16. The molecule has 1 saturated heterocycles. The summed E-state index contributed by atoms with van der Waals surface area (Å²) in [6.07, 6.45) is 3.30. The van der Waals surface area contributed by atoms with Crippen LogP contribution in [0.2, 0.25) is 5.02 Å². The molecule has 6 rings (SSSR count). The van der Waals surface area contributed by atoms with Crippen LogP contribution in [0, 0.1) is 11.7 Å². The molecule has 208 valence electrons. The highest BCUT2D eigenvalue weighted by Crippen LogP contribution is 2.44. The van der Waals surface area contributed by atoms with E-state index in [2.05, 4.69) is 5.10 Å². The molecule has 2 fully saturated rings. The zero-order valence-corrected chi connectivity index (χ0v) is 23.0. The Labute approximate surface area is 236 Å². The van der Waals surface area contributed by atoms with Gasteiger partial charge in [0.15, 0.2) is 0 Å². The lowest BCUT2D eigenvalue weighted by atomic mass is 9.84. The fourth-order valence-corrected chi connectivity index (χ4v) is 6.05. The maximum Gasteiger partial charge on any atom is 0.337 e. The summed E-state index contributed by atoms with van der Waals surface area (Å²) in [6.45, 7) is 1.09. The maximum absolute atomic E-state index is 15.4. The van der Waals surface area contributed by atoms with Gasteiger partial charge in [-0.2, -0.15) is 9.78 Å². The van der Waals surface area contributed by atoms with Crippen molar-refractivity contribution in [2.24, 2.45) is 5.92 Å². The van der Waals surface area contributed by atoms with Gasteiger partial charge in [-0.15, -0.1) is 0 Å². The van der Waals surface area contributed by atoms with Crippen LogP contribution in [-0.2, 0) is 27.1 Å². The van der Waals surface area contributed by atoms with Crippen molar-refractivity contribution in [2.75, 3.05) is 27.3 Å². The molecule has 0 radical (unpaired) electrons. The van der Waals surface area contributed by atoms with Gasteiger partial charge >= 0.3 is 5.97 Å². The number of esters is 1. The number of benzene rings is 2. The number of carbonyl (C=O) groups excluding carboxylic acids is 3. The quantitative estimate of drug-likeness (QED) is 0.404. The lowest BCUT2D eigenvalue weighted by Gasteiger charge is -2.40. The smallest absolute Gasteiger partial charge is 0.337 e. The van der Waals surface area contributed by atoms with Crippen molar-refractivity contribution >= 4 is 29.4 Å². The van der Waals surface area contributed by atoms with Gasteiger partial charge in [0.2, 0.25) is 5.91 Å². The highest BCUT2D eigenvalue weighted by molar-refractivity contribution is 6.34. The summed E-state index contributed by atoms with van der Waals surface area (Å²) in [4.78, 5) is 41.1. The molecule has 3 aliphatic rings. The fourth-order valence-electron chi connectivity index (χ4n) is 5.79. The molecule has 2 aromatic carbocycles. The van der Waals surface area contributed by atoms with Crippen molar-refractivity contribution in [3.8, 4) is 11.3 Å². The molecule has 10 heteroatoms. The van der Waals surface area contributed by atoms with Crippen LogP contribution in [0.1, 0.15) is 62.7 Å². The molecular formula is C30H29ClFN3O5. The van der Waals surface area contributed by atoms with Crippen LogP contribution in [-0.4, -0.2) is 65.9 Å². The van der Waals surface area contributed by atoms with E-state index in [9.17, 15) is 14.4 Å². The molecule has 0 spiro atoms. The summed E-state index contributed by atoms with van der Waals surface area (Å²) in [7, 11) is 2.86. The molecule has 2 aliphatic carbocycles. The zero-order chi connectivity index (χ0) is 28.1. The van der Waals surface area contributed by atoms with Gasteiger partial charge in [0.25, 0.3) is 5.91 Å². The Kier molecular flexibility index (Phi) is 6.96. The van der Waals surface area contributed by atoms with Crippen LogP contribution < -0.4 is 0 Å². The van der Waals surface area contributed by atoms with Crippen LogP contribution in [0.15, 0.2) is 36.4 Å². The van der Waals surface area contributed by atoms with Crippen molar-refractivity contribution in [2.45, 2.75) is 44.1 Å². The van der Waals surface area contributed by atoms with Crippen molar-refractivity contribution in [1.29, 1.82) is 0 Å². The second-order valence-corrected chi connectivity index (χ2v) is 11.1. The number of hydrogen-bond donors (Lipinski definition) is 0. The highest BCUT2D eigenvalue weighted by atomic mass is 35.5. The van der Waals surface area contributed by atoms with E-state index < -0.39 is 17.7 Å². The van der Waals surface area contributed by atoms with Crippen LogP contribution >= 0.6 is 11.6 Å². The molecule has 0 N–H and O–H groups in total. The third kappa shape index (κ3) is 4.61. The van der Waals surface area contributed by atoms with Crippen molar-refractivity contribution in [3.05, 3.63) is 75.2 Å². The molecular weight excluding hydrogens is 537 g/mol. The topological polar surface area (TPSA) is 90.7 Å². The van der Waals surface area contributed by atoms with Gasteiger partial charge in [-0.05, 0) is 61.4 Å². The lowest BCUT2D eigenvalue weighted by molar-refractivity contribution is -0.147. The minimum absolute atomic E-state index is 0.0192. The Hall–Kier alpha value is -3.56. The number of halogens is 2. The number of amides is 1. The summed E-state index contributed by atoms with van der Waals surface area (Å²) in [5, 5.41) is 5.00. The average molecular weight is 566 g/mol. The molecule has 8 nitrogen and oxygen atoms in total. The van der Waals surface area contributed by atoms with Crippen LogP contribution in [0.4, 0.5) is 4.39 Å². The van der Waals surface area contributed by atoms with Gasteiger partial charge in [0.1, 0.15) is 5.82 Å². The Morgan fingerprint density at radius 2 is 1.85 bits per heavy atom. The van der Waals surface area contributed by atoms with Crippen molar-refractivity contribution in [1.82, 2.24) is 14.7 Å². The second kappa shape index (κ2) is 10.4. The third-order valence-corrected chi connectivity index (χ3v) is 8.54. The Morgan fingerprint density at radius 3 is 2.52 bits per heavy atom. The van der Waals surface area contributed by atoms with E-state index in [1.165, 1.54) is 23.9 Å². The molecule has 1 saturated carbocycles.